The van der Waals surface area contributed by atoms with Gasteiger partial charge in [0.1, 0.15) is 6.04 Å². The summed E-state index contributed by atoms with van der Waals surface area (Å²) in [6.45, 7) is 1.80. The summed E-state index contributed by atoms with van der Waals surface area (Å²) in [4.78, 5) is 11.3. The lowest BCUT2D eigenvalue weighted by Gasteiger charge is -2.30. The maximum atomic E-state index is 12.5. The molecule has 1 aromatic rings. The number of piperidine rings is 1. The number of nitrogens with zero attached hydrogens (tertiary/aromatic N) is 2. The average molecular weight is 292 g/mol. The highest BCUT2D eigenvalue weighted by atomic mass is 32.2. The monoisotopic (exact) mass is 292 g/mol. The SMILES string of the molecule is CC(=O)c1ccc(S(=O)(=O)N2CCCCC2C#N)cc1. The largest absolute Gasteiger partial charge is 0.295 e. The van der Waals surface area contributed by atoms with E-state index in [0.29, 0.717) is 18.5 Å². The molecule has 0 bridgehead atoms. The van der Waals surface area contributed by atoms with Crippen molar-refractivity contribution in [3.05, 3.63) is 29.8 Å². The van der Waals surface area contributed by atoms with E-state index in [1.54, 1.807) is 0 Å². The molecule has 1 fully saturated rings. The van der Waals surface area contributed by atoms with Crippen LogP contribution in [0.4, 0.5) is 0 Å². The van der Waals surface area contributed by atoms with Crippen LogP contribution in [0.15, 0.2) is 29.2 Å². The van der Waals surface area contributed by atoms with Crippen LogP contribution in [0.1, 0.15) is 36.5 Å². The van der Waals surface area contributed by atoms with Crippen molar-refractivity contribution >= 4 is 15.8 Å². The van der Waals surface area contributed by atoms with E-state index in [1.165, 1.54) is 35.5 Å². The number of sulfonamides is 1. The summed E-state index contributed by atoms with van der Waals surface area (Å²) in [5.74, 6) is -0.109. The molecule has 6 heteroatoms. The topological polar surface area (TPSA) is 78.2 Å². The van der Waals surface area contributed by atoms with Crippen LogP contribution in [-0.2, 0) is 10.0 Å². The highest BCUT2D eigenvalue weighted by molar-refractivity contribution is 7.89. The van der Waals surface area contributed by atoms with E-state index >= 15 is 0 Å². The number of benzene rings is 1. The third-order valence-electron chi connectivity index (χ3n) is 3.47. The van der Waals surface area contributed by atoms with E-state index in [9.17, 15) is 13.2 Å². The van der Waals surface area contributed by atoms with Crippen molar-refractivity contribution in [3.63, 3.8) is 0 Å². The first-order valence-corrected chi connectivity index (χ1v) is 7.93. The van der Waals surface area contributed by atoms with Gasteiger partial charge in [-0.2, -0.15) is 9.57 Å². The number of hydrogen-bond donors (Lipinski definition) is 0. The number of Topliss-reactive ketones (excluding diaryl/α,β-unsaturated/α-hetero) is 1. The van der Waals surface area contributed by atoms with Gasteiger partial charge in [0.15, 0.2) is 5.78 Å². The molecule has 0 aromatic heterocycles. The van der Waals surface area contributed by atoms with Crippen LogP contribution >= 0.6 is 0 Å². The zero-order chi connectivity index (χ0) is 14.8. The first kappa shape index (κ1) is 14.7. The van der Waals surface area contributed by atoms with E-state index in [4.69, 9.17) is 5.26 Å². The van der Waals surface area contributed by atoms with Gasteiger partial charge in [0.2, 0.25) is 10.0 Å². The van der Waals surface area contributed by atoms with Gasteiger partial charge in [-0.1, -0.05) is 12.1 Å². The van der Waals surface area contributed by atoms with Crippen LogP contribution in [0.2, 0.25) is 0 Å². The summed E-state index contributed by atoms with van der Waals surface area (Å²) >= 11 is 0. The molecule has 20 heavy (non-hydrogen) atoms. The Kier molecular flexibility index (Phi) is 4.21. The van der Waals surface area contributed by atoms with E-state index < -0.39 is 16.1 Å². The van der Waals surface area contributed by atoms with Crippen molar-refractivity contribution in [2.75, 3.05) is 6.54 Å². The highest BCUT2D eigenvalue weighted by Gasteiger charge is 2.33. The second-order valence-corrected chi connectivity index (χ2v) is 6.73. The molecule has 0 aliphatic carbocycles. The lowest BCUT2D eigenvalue weighted by Crippen LogP contribution is -2.42. The van der Waals surface area contributed by atoms with Crippen LogP contribution < -0.4 is 0 Å². The molecule has 2 rings (SSSR count). The number of hydrogen-bond acceptors (Lipinski definition) is 4. The summed E-state index contributed by atoms with van der Waals surface area (Å²) < 4.78 is 26.3. The number of carbonyl (C=O) groups is 1. The minimum atomic E-state index is -3.67. The van der Waals surface area contributed by atoms with Crippen molar-refractivity contribution < 1.29 is 13.2 Å². The number of nitriles is 1. The van der Waals surface area contributed by atoms with Gasteiger partial charge in [0.05, 0.1) is 11.0 Å². The van der Waals surface area contributed by atoms with Gasteiger partial charge >= 0.3 is 0 Å². The van der Waals surface area contributed by atoms with Crippen LogP contribution in [0.25, 0.3) is 0 Å². The fourth-order valence-corrected chi connectivity index (χ4v) is 3.93. The smallest absolute Gasteiger partial charge is 0.244 e. The van der Waals surface area contributed by atoms with Gasteiger partial charge in [0.25, 0.3) is 0 Å². The number of carbonyl (C=O) groups excluding carboxylic acids is 1. The molecule has 1 aliphatic rings. The predicted octanol–water partition coefficient (Wildman–Crippen LogP) is 1.96. The van der Waals surface area contributed by atoms with Crippen LogP contribution in [0.3, 0.4) is 0 Å². The Labute approximate surface area is 118 Å². The van der Waals surface area contributed by atoms with E-state index in [1.807, 2.05) is 0 Å². The predicted molar refractivity (Wildman–Crippen MR) is 73.6 cm³/mol. The molecule has 106 valence electrons. The molecule has 0 saturated carbocycles. The van der Waals surface area contributed by atoms with Crippen molar-refractivity contribution in [2.24, 2.45) is 0 Å². The van der Waals surface area contributed by atoms with Crippen molar-refractivity contribution in [3.8, 4) is 6.07 Å². The summed E-state index contributed by atoms with van der Waals surface area (Å²) in [7, 11) is -3.67. The first-order chi connectivity index (χ1) is 9.46. The standard InChI is InChI=1S/C14H16N2O3S/c1-11(17)12-5-7-14(8-6-12)20(18,19)16-9-3-2-4-13(16)10-15/h5-8,13H,2-4,9H2,1H3. The minimum absolute atomic E-state index is 0.109. The van der Waals surface area contributed by atoms with E-state index in [-0.39, 0.29) is 10.7 Å². The molecule has 5 nitrogen and oxygen atoms in total. The quantitative estimate of drug-likeness (QED) is 0.798. The first-order valence-electron chi connectivity index (χ1n) is 6.49. The second-order valence-electron chi connectivity index (χ2n) is 4.84. The lowest BCUT2D eigenvalue weighted by molar-refractivity contribution is 0.101. The molecule has 1 aromatic carbocycles. The van der Waals surface area contributed by atoms with E-state index in [2.05, 4.69) is 6.07 Å². The number of ketones is 1. The summed E-state index contributed by atoms with van der Waals surface area (Å²) in [6.07, 6.45) is 2.21. The Morgan fingerprint density at radius 1 is 1.30 bits per heavy atom. The maximum Gasteiger partial charge on any atom is 0.244 e. The van der Waals surface area contributed by atoms with Gasteiger partial charge in [-0.3, -0.25) is 4.79 Å². The van der Waals surface area contributed by atoms with Crippen molar-refractivity contribution in [1.29, 1.82) is 5.26 Å². The lowest BCUT2D eigenvalue weighted by atomic mass is 10.1. The fraction of sp³-hybridized carbons (Fsp3) is 0.429. The van der Waals surface area contributed by atoms with Crippen molar-refractivity contribution in [1.82, 2.24) is 4.31 Å². The minimum Gasteiger partial charge on any atom is -0.295 e. The molecule has 1 aliphatic heterocycles. The zero-order valence-corrected chi connectivity index (χ0v) is 12.1. The normalized spacial score (nSPS) is 20.3. The van der Waals surface area contributed by atoms with E-state index in [0.717, 1.165) is 12.8 Å². The van der Waals surface area contributed by atoms with Gasteiger partial charge in [-0.25, -0.2) is 8.42 Å². The number of rotatable bonds is 3. The summed E-state index contributed by atoms with van der Waals surface area (Å²) in [5, 5.41) is 9.09. The Hall–Kier alpha value is -1.71. The Morgan fingerprint density at radius 2 is 1.95 bits per heavy atom. The third kappa shape index (κ3) is 2.74. The molecular formula is C14H16N2O3S. The van der Waals surface area contributed by atoms with Crippen LogP contribution in [-0.4, -0.2) is 31.1 Å². The summed E-state index contributed by atoms with van der Waals surface area (Å²) in [5.41, 5.74) is 0.472. The average Bonchev–Trinajstić information content (AvgIpc) is 2.47. The molecule has 1 atom stereocenters. The molecule has 1 unspecified atom stereocenters. The highest BCUT2D eigenvalue weighted by Crippen LogP contribution is 2.25. The molecule has 0 amide bonds. The van der Waals surface area contributed by atoms with Gasteiger partial charge < -0.3 is 0 Å². The second kappa shape index (κ2) is 5.73. The third-order valence-corrected chi connectivity index (χ3v) is 5.39. The molecular weight excluding hydrogens is 276 g/mol. The summed E-state index contributed by atoms with van der Waals surface area (Å²) in [6, 6.07) is 7.31. The van der Waals surface area contributed by atoms with Crippen molar-refractivity contribution in [2.45, 2.75) is 37.1 Å². The van der Waals surface area contributed by atoms with Crippen LogP contribution in [0, 0.1) is 11.3 Å². The molecule has 0 spiro atoms. The van der Waals surface area contributed by atoms with Gasteiger partial charge in [-0.05, 0) is 38.3 Å². The Morgan fingerprint density at radius 3 is 2.50 bits per heavy atom. The van der Waals surface area contributed by atoms with Gasteiger partial charge in [0, 0.05) is 12.1 Å². The Bertz CT molecular complexity index is 644. The molecule has 0 N–H and O–H groups in total. The zero-order valence-electron chi connectivity index (χ0n) is 11.2. The maximum absolute atomic E-state index is 12.5. The fourth-order valence-electron chi connectivity index (χ4n) is 2.32. The Balaban J connectivity index is 2.34. The van der Waals surface area contributed by atoms with Crippen LogP contribution in [0.5, 0.6) is 0 Å². The molecule has 0 radical (unpaired) electrons. The molecule has 1 heterocycles. The molecule has 1 saturated heterocycles. The van der Waals surface area contributed by atoms with Gasteiger partial charge in [-0.15, -0.1) is 0 Å².